The second-order valence-electron chi connectivity index (χ2n) is 5.39. The molecule has 0 radical (unpaired) electrons. The van der Waals surface area contributed by atoms with Crippen molar-refractivity contribution < 1.29 is 4.74 Å². The first-order chi connectivity index (χ1) is 9.25. The molecule has 2 rings (SSSR count). The van der Waals surface area contributed by atoms with Crippen molar-refractivity contribution in [2.75, 3.05) is 12.3 Å². The topological polar surface area (TPSA) is 21.3 Å². The Balaban J connectivity index is 1.81. The third-order valence-corrected chi connectivity index (χ3v) is 4.69. The fourth-order valence-electron chi connectivity index (χ4n) is 2.35. The minimum absolute atomic E-state index is 0.232. The molecule has 0 bridgehead atoms. The lowest BCUT2D eigenvalue weighted by Crippen LogP contribution is -2.26. The molecule has 0 spiro atoms. The highest BCUT2D eigenvalue weighted by Gasteiger charge is 2.13. The molecule has 1 N–H and O–H groups in total. The summed E-state index contributed by atoms with van der Waals surface area (Å²) in [5.41, 5.74) is 1.26. The molecule has 1 unspecified atom stereocenters. The second-order valence-corrected chi connectivity index (χ2v) is 6.80. The Bertz CT molecular complexity index is 375. The van der Waals surface area contributed by atoms with Gasteiger partial charge in [0, 0.05) is 23.9 Å². The minimum atomic E-state index is 0.232. The predicted octanol–water partition coefficient (Wildman–Crippen LogP) is 3.85. The van der Waals surface area contributed by atoms with Crippen LogP contribution in [0.25, 0.3) is 0 Å². The average Bonchev–Trinajstić information content (AvgIpc) is 2.41. The number of hydrogen-bond acceptors (Lipinski definition) is 3. The Labute approximate surface area is 121 Å². The zero-order chi connectivity index (χ0) is 13.5. The summed E-state index contributed by atoms with van der Waals surface area (Å²) in [5.74, 6) is 2.35. The first-order valence-electron chi connectivity index (χ1n) is 7.32. The van der Waals surface area contributed by atoms with Crippen LogP contribution in [0.4, 0.5) is 0 Å². The highest BCUT2D eigenvalue weighted by Crippen LogP contribution is 2.24. The van der Waals surface area contributed by atoms with Crippen LogP contribution < -0.4 is 10.1 Å². The van der Waals surface area contributed by atoms with Crippen molar-refractivity contribution in [2.24, 2.45) is 0 Å². The number of rotatable bonds is 6. The number of nitrogens with one attached hydrogen (secondary N) is 1. The molecule has 1 aliphatic heterocycles. The number of thioether (sulfide) groups is 1. The van der Waals surface area contributed by atoms with Gasteiger partial charge < -0.3 is 10.1 Å². The van der Waals surface area contributed by atoms with Crippen LogP contribution >= 0.6 is 11.8 Å². The van der Waals surface area contributed by atoms with Gasteiger partial charge in [0.25, 0.3) is 0 Å². The largest absolute Gasteiger partial charge is 0.491 e. The van der Waals surface area contributed by atoms with E-state index >= 15 is 0 Å². The molecule has 2 nitrogen and oxygen atoms in total. The summed E-state index contributed by atoms with van der Waals surface area (Å²) < 4.78 is 5.84. The third-order valence-electron chi connectivity index (χ3n) is 3.30. The molecular formula is C16H25NOS. The fourth-order valence-corrected chi connectivity index (χ4v) is 3.63. The van der Waals surface area contributed by atoms with E-state index in [0.29, 0.717) is 0 Å². The van der Waals surface area contributed by atoms with Gasteiger partial charge in [-0.3, -0.25) is 0 Å². The molecule has 1 atom stereocenters. The van der Waals surface area contributed by atoms with Gasteiger partial charge in [-0.05, 0) is 38.5 Å². The Hall–Kier alpha value is -0.670. The SMILES string of the molecule is CC(C)Oc1ccccc1CNCC1CCCCS1. The van der Waals surface area contributed by atoms with E-state index in [1.807, 2.05) is 6.07 Å². The van der Waals surface area contributed by atoms with Crippen LogP contribution in [0.3, 0.4) is 0 Å². The lowest BCUT2D eigenvalue weighted by Gasteiger charge is -2.22. The van der Waals surface area contributed by atoms with Gasteiger partial charge in [-0.2, -0.15) is 11.8 Å². The maximum absolute atomic E-state index is 5.84. The molecular weight excluding hydrogens is 254 g/mol. The van der Waals surface area contributed by atoms with E-state index < -0.39 is 0 Å². The summed E-state index contributed by atoms with van der Waals surface area (Å²) in [7, 11) is 0. The Morgan fingerprint density at radius 2 is 2.16 bits per heavy atom. The molecule has 0 amide bonds. The lowest BCUT2D eigenvalue weighted by atomic mass is 10.1. The molecule has 1 aromatic carbocycles. The average molecular weight is 279 g/mol. The Morgan fingerprint density at radius 3 is 2.89 bits per heavy atom. The van der Waals surface area contributed by atoms with E-state index in [0.717, 1.165) is 24.1 Å². The summed E-state index contributed by atoms with van der Waals surface area (Å²) in [4.78, 5) is 0. The first kappa shape index (κ1) is 14.7. The second kappa shape index (κ2) is 7.81. The highest BCUT2D eigenvalue weighted by molar-refractivity contribution is 7.99. The molecule has 0 aromatic heterocycles. The smallest absolute Gasteiger partial charge is 0.124 e. The molecule has 1 aromatic rings. The molecule has 3 heteroatoms. The predicted molar refractivity (Wildman–Crippen MR) is 84.0 cm³/mol. The van der Waals surface area contributed by atoms with Crippen LogP contribution in [0.1, 0.15) is 38.7 Å². The Kier molecular flexibility index (Phi) is 6.05. The molecule has 1 aliphatic rings. The standard InChI is InChI=1S/C16H25NOS/c1-13(2)18-16-9-4-3-7-14(16)11-17-12-15-8-5-6-10-19-15/h3-4,7,9,13,15,17H,5-6,8,10-12H2,1-2H3. The van der Waals surface area contributed by atoms with Gasteiger partial charge in [-0.25, -0.2) is 0 Å². The van der Waals surface area contributed by atoms with Crippen molar-refractivity contribution in [3.8, 4) is 5.75 Å². The molecule has 106 valence electrons. The van der Waals surface area contributed by atoms with Crippen molar-refractivity contribution in [3.63, 3.8) is 0 Å². The zero-order valence-corrected chi connectivity index (χ0v) is 12.8. The van der Waals surface area contributed by atoms with Crippen molar-refractivity contribution in [2.45, 2.75) is 51.0 Å². The molecule has 0 aliphatic carbocycles. The van der Waals surface area contributed by atoms with Gasteiger partial charge >= 0.3 is 0 Å². The number of ether oxygens (including phenoxy) is 1. The molecule has 0 saturated carbocycles. The monoisotopic (exact) mass is 279 g/mol. The van der Waals surface area contributed by atoms with E-state index in [9.17, 15) is 0 Å². The van der Waals surface area contributed by atoms with Crippen LogP contribution in [-0.2, 0) is 6.54 Å². The number of benzene rings is 1. The van der Waals surface area contributed by atoms with Gasteiger partial charge in [-0.1, -0.05) is 24.6 Å². The maximum Gasteiger partial charge on any atom is 0.124 e. The quantitative estimate of drug-likeness (QED) is 0.854. The van der Waals surface area contributed by atoms with Gasteiger partial charge in [0.1, 0.15) is 5.75 Å². The maximum atomic E-state index is 5.84. The summed E-state index contributed by atoms with van der Waals surface area (Å²) >= 11 is 2.12. The highest BCUT2D eigenvalue weighted by atomic mass is 32.2. The van der Waals surface area contributed by atoms with Crippen molar-refractivity contribution in [1.82, 2.24) is 5.32 Å². The third kappa shape index (κ3) is 5.07. The molecule has 1 fully saturated rings. The van der Waals surface area contributed by atoms with E-state index in [-0.39, 0.29) is 6.10 Å². The van der Waals surface area contributed by atoms with Gasteiger partial charge in [0.15, 0.2) is 0 Å². The van der Waals surface area contributed by atoms with Gasteiger partial charge in [0.05, 0.1) is 6.10 Å². The minimum Gasteiger partial charge on any atom is -0.491 e. The first-order valence-corrected chi connectivity index (χ1v) is 8.37. The normalized spacial score (nSPS) is 19.6. The van der Waals surface area contributed by atoms with E-state index in [4.69, 9.17) is 4.74 Å². The van der Waals surface area contributed by atoms with Crippen molar-refractivity contribution >= 4 is 11.8 Å². The lowest BCUT2D eigenvalue weighted by molar-refractivity contribution is 0.239. The molecule has 1 saturated heterocycles. The van der Waals surface area contributed by atoms with Crippen LogP contribution in [0, 0.1) is 0 Å². The summed E-state index contributed by atoms with van der Waals surface area (Å²) in [6, 6.07) is 8.34. The van der Waals surface area contributed by atoms with Crippen LogP contribution in [-0.4, -0.2) is 23.7 Å². The summed E-state index contributed by atoms with van der Waals surface area (Å²) in [5, 5.41) is 4.38. The molecule has 19 heavy (non-hydrogen) atoms. The van der Waals surface area contributed by atoms with Crippen LogP contribution in [0.15, 0.2) is 24.3 Å². The number of hydrogen-bond donors (Lipinski definition) is 1. The van der Waals surface area contributed by atoms with Crippen LogP contribution in [0.5, 0.6) is 5.75 Å². The zero-order valence-electron chi connectivity index (χ0n) is 12.0. The molecule has 1 heterocycles. The van der Waals surface area contributed by atoms with Gasteiger partial charge in [0.2, 0.25) is 0 Å². The fraction of sp³-hybridized carbons (Fsp3) is 0.625. The summed E-state index contributed by atoms with van der Waals surface area (Å²) in [6.07, 6.45) is 4.38. The van der Waals surface area contributed by atoms with E-state index in [1.165, 1.54) is 30.6 Å². The number of para-hydroxylation sites is 1. The van der Waals surface area contributed by atoms with Crippen molar-refractivity contribution in [3.05, 3.63) is 29.8 Å². The Morgan fingerprint density at radius 1 is 1.32 bits per heavy atom. The van der Waals surface area contributed by atoms with Crippen molar-refractivity contribution in [1.29, 1.82) is 0 Å². The van der Waals surface area contributed by atoms with E-state index in [2.05, 4.69) is 49.1 Å². The summed E-state index contributed by atoms with van der Waals surface area (Å²) in [6.45, 7) is 6.16. The van der Waals surface area contributed by atoms with E-state index in [1.54, 1.807) is 0 Å². The van der Waals surface area contributed by atoms with Gasteiger partial charge in [-0.15, -0.1) is 0 Å². The van der Waals surface area contributed by atoms with Crippen LogP contribution in [0.2, 0.25) is 0 Å².